The van der Waals surface area contributed by atoms with Crippen molar-refractivity contribution in [1.82, 2.24) is 9.97 Å². The van der Waals surface area contributed by atoms with Crippen molar-refractivity contribution >= 4 is 32.9 Å². The van der Waals surface area contributed by atoms with Crippen LogP contribution in [0, 0.1) is 0 Å². The summed E-state index contributed by atoms with van der Waals surface area (Å²) in [7, 11) is 0. The van der Waals surface area contributed by atoms with Crippen LogP contribution in [0.3, 0.4) is 0 Å². The van der Waals surface area contributed by atoms with Crippen LogP contribution >= 0.6 is 22.7 Å². The minimum Gasteiger partial charge on any atom is -0.335 e. The summed E-state index contributed by atoms with van der Waals surface area (Å²) in [5, 5.41) is 7.09. The Bertz CT molecular complexity index is 831. The van der Waals surface area contributed by atoms with E-state index in [2.05, 4.69) is 31.1 Å². The molecule has 0 spiro atoms. The van der Waals surface area contributed by atoms with E-state index >= 15 is 0 Å². The van der Waals surface area contributed by atoms with Crippen molar-refractivity contribution < 1.29 is 5.32 Å². The van der Waals surface area contributed by atoms with Crippen LogP contribution in [-0.2, 0) is 0 Å². The maximum absolute atomic E-state index is 12.6. The highest BCUT2D eigenvalue weighted by Crippen LogP contribution is 2.33. The summed E-state index contributed by atoms with van der Waals surface area (Å²) in [6.07, 6.45) is 2.24. The normalized spacial score (nSPS) is 13.0. The number of hydrogen-bond donors (Lipinski definition) is 2. The second-order valence-corrected chi connectivity index (χ2v) is 7.62. The van der Waals surface area contributed by atoms with Gasteiger partial charge in [-0.2, -0.15) is 0 Å². The molecule has 1 atom stereocenters. The SMILES string of the molecule is CCC(CC)[NH2+][C@H](C)c1nc2scc(-c3cccs3)c2c(=O)[nH]1. The molecule has 0 unspecified atom stereocenters. The van der Waals surface area contributed by atoms with Gasteiger partial charge in [-0.15, -0.1) is 22.7 Å². The highest BCUT2D eigenvalue weighted by Gasteiger charge is 2.19. The second-order valence-electron chi connectivity index (χ2n) is 5.82. The molecular weight excluding hydrogens is 326 g/mol. The Hall–Kier alpha value is -1.50. The third-order valence-corrected chi connectivity index (χ3v) is 6.07. The van der Waals surface area contributed by atoms with Crippen LogP contribution in [0.25, 0.3) is 20.7 Å². The summed E-state index contributed by atoms with van der Waals surface area (Å²) in [5.41, 5.74) is 0.969. The molecule has 23 heavy (non-hydrogen) atoms. The molecule has 0 aromatic carbocycles. The summed E-state index contributed by atoms with van der Waals surface area (Å²) < 4.78 is 0. The van der Waals surface area contributed by atoms with Gasteiger partial charge in [0, 0.05) is 15.8 Å². The smallest absolute Gasteiger partial charge is 0.260 e. The summed E-state index contributed by atoms with van der Waals surface area (Å²) in [6, 6.07) is 4.77. The summed E-state index contributed by atoms with van der Waals surface area (Å²) >= 11 is 3.20. The zero-order valence-electron chi connectivity index (χ0n) is 13.6. The van der Waals surface area contributed by atoms with Crippen molar-refractivity contribution in [3.8, 4) is 10.4 Å². The molecule has 0 aliphatic heterocycles. The van der Waals surface area contributed by atoms with E-state index in [4.69, 9.17) is 4.98 Å². The van der Waals surface area contributed by atoms with Crippen molar-refractivity contribution in [3.05, 3.63) is 39.1 Å². The van der Waals surface area contributed by atoms with E-state index in [0.29, 0.717) is 6.04 Å². The van der Waals surface area contributed by atoms with E-state index in [0.717, 1.165) is 39.3 Å². The summed E-state index contributed by atoms with van der Waals surface area (Å²) in [4.78, 5) is 22.3. The first-order chi connectivity index (χ1) is 11.1. The molecule has 3 aromatic rings. The Morgan fingerprint density at radius 3 is 2.74 bits per heavy atom. The fourth-order valence-electron chi connectivity index (χ4n) is 2.85. The zero-order valence-corrected chi connectivity index (χ0v) is 15.3. The lowest BCUT2D eigenvalue weighted by molar-refractivity contribution is -0.726. The van der Waals surface area contributed by atoms with Crippen LogP contribution in [0.4, 0.5) is 0 Å². The third-order valence-electron chi connectivity index (χ3n) is 4.29. The van der Waals surface area contributed by atoms with Gasteiger partial charge in [0.15, 0.2) is 5.82 Å². The zero-order chi connectivity index (χ0) is 16.4. The topological polar surface area (TPSA) is 62.4 Å². The van der Waals surface area contributed by atoms with Crippen LogP contribution in [0.5, 0.6) is 0 Å². The number of H-pyrrole nitrogens is 1. The molecular formula is C17H22N3OS2+. The van der Waals surface area contributed by atoms with Crippen LogP contribution < -0.4 is 10.9 Å². The van der Waals surface area contributed by atoms with Crippen molar-refractivity contribution in [2.75, 3.05) is 0 Å². The molecule has 0 amide bonds. The first-order valence-electron chi connectivity index (χ1n) is 8.04. The Morgan fingerprint density at radius 1 is 1.30 bits per heavy atom. The van der Waals surface area contributed by atoms with Crippen molar-refractivity contribution in [1.29, 1.82) is 0 Å². The number of quaternary nitrogens is 1. The molecule has 0 saturated heterocycles. The molecule has 0 aliphatic carbocycles. The molecule has 3 N–H and O–H groups in total. The van der Waals surface area contributed by atoms with Gasteiger partial charge in [0.2, 0.25) is 0 Å². The van der Waals surface area contributed by atoms with Crippen molar-refractivity contribution in [3.63, 3.8) is 0 Å². The number of nitrogens with two attached hydrogens (primary N) is 1. The molecule has 4 nitrogen and oxygen atoms in total. The predicted molar refractivity (Wildman–Crippen MR) is 98.3 cm³/mol. The molecule has 0 aliphatic rings. The predicted octanol–water partition coefficient (Wildman–Crippen LogP) is 3.53. The Kier molecular flexibility index (Phi) is 4.94. The summed E-state index contributed by atoms with van der Waals surface area (Å²) in [6.45, 7) is 6.50. The lowest BCUT2D eigenvalue weighted by Gasteiger charge is -2.16. The molecule has 0 radical (unpaired) electrons. The van der Waals surface area contributed by atoms with Gasteiger partial charge < -0.3 is 10.3 Å². The fourth-order valence-corrected chi connectivity index (χ4v) is 4.62. The maximum Gasteiger partial charge on any atom is 0.260 e. The minimum atomic E-state index is -0.0283. The van der Waals surface area contributed by atoms with Crippen LogP contribution in [0.2, 0.25) is 0 Å². The van der Waals surface area contributed by atoms with Gasteiger partial charge in [-0.3, -0.25) is 4.79 Å². The first-order valence-corrected chi connectivity index (χ1v) is 9.80. The number of rotatable bonds is 6. The molecule has 3 heterocycles. The minimum absolute atomic E-state index is 0.0283. The Morgan fingerprint density at radius 2 is 2.09 bits per heavy atom. The number of aromatic nitrogens is 2. The van der Waals surface area contributed by atoms with Gasteiger partial charge in [0.05, 0.1) is 11.4 Å². The molecule has 3 rings (SSSR count). The molecule has 6 heteroatoms. The quantitative estimate of drug-likeness (QED) is 0.716. The molecule has 3 aromatic heterocycles. The standard InChI is InChI=1S/C17H21N3OS2/c1-4-11(5-2)18-10(3)15-19-16(21)14-12(9-23-17(14)20-15)13-7-6-8-22-13/h6-11,18H,4-5H2,1-3H3,(H,19,20,21)/p+1/t10-/m1/s1. The van der Waals surface area contributed by atoms with Crippen LogP contribution in [0.1, 0.15) is 45.5 Å². The number of nitrogens with zero attached hydrogens (tertiary/aromatic N) is 1. The number of thiophene rings is 2. The lowest BCUT2D eigenvalue weighted by atomic mass is 10.1. The van der Waals surface area contributed by atoms with Gasteiger partial charge in [0.25, 0.3) is 5.56 Å². The maximum atomic E-state index is 12.6. The van der Waals surface area contributed by atoms with Gasteiger partial charge in [-0.05, 0) is 31.2 Å². The van der Waals surface area contributed by atoms with Gasteiger partial charge in [-0.1, -0.05) is 19.9 Å². The monoisotopic (exact) mass is 348 g/mol. The number of aromatic amines is 1. The fraction of sp³-hybridized carbons (Fsp3) is 0.412. The van der Waals surface area contributed by atoms with E-state index in [1.54, 1.807) is 22.7 Å². The average molecular weight is 349 g/mol. The number of hydrogen-bond acceptors (Lipinski definition) is 4. The Labute approximate surface area is 143 Å². The highest BCUT2D eigenvalue weighted by atomic mass is 32.1. The molecule has 0 saturated carbocycles. The highest BCUT2D eigenvalue weighted by molar-refractivity contribution is 7.18. The Balaban J connectivity index is 1.98. The van der Waals surface area contributed by atoms with Crippen LogP contribution in [-0.4, -0.2) is 16.0 Å². The summed E-state index contributed by atoms with van der Waals surface area (Å²) in [5.74, 6) is 0.772. The van der Waals surface area contributed by atoms with E-state index in [-0.39, 0.29) is 11.6 Å². The van der Waals surface area contributed by atoms with Gasteiger partial charge in [0.1, 0.15) is 10.9 Å². The third kappa shape index (κ3) is 3.24. The molecule has 0 bridgehead atoms. The number of fused-ring (bicyclic) bond motifs is 1. The van der Waals surface area contributed by atoms with Crippen LogP contribution in [0.15, 0.2) is 27.7 Å². The average Bonchev–Trinajstić information content (AvgIpc) is 3.20. The number of nitrogens with one attached hydrogen (secondary N) is 1. The van der Waals surface area contributed by atoms with E-state index < -0.39 is 0 Å². The molecule has 122 valence electrons. The first kappa shape index (κ1) is 16.4. The largest absolute Gasteiger partial charge is 0.335 e. The van der Waals surface area contributed by atoms with E-state index in [9.17, 15) is 4.79 Å². The van der Waals surface area contributed by atoms with Crippen molar-refractivity contribution in [2.45, 2.75) is 45.7 Å². The van der Waals surface area contributed by atoms with Gasteiger partial charge >= 0.3 is 0 Å². The lowest BCUT2D eigenvalue weighted by Crippen LogP contribution is -2.90. The van der Waals surface area contributed by atoms with Gasteiger partial charge in [-0.25, -0.2) is 4.98 Å². The molecule has 0 fully saturated rings. The van der Waals surface area contributed by atoms with E-state index in [1.165, 1.54) is 0 Å². The van der Waals surface area contributed by atoms with E-state index in [1.807, 2.05) is 22.9 Å². The van der Waals surface area contributed by atoms with Crippen molar-refractivity contribution in [2.24, 2.45) is 0 Å². The second kappa shape index (κ2) is 6.95.